The van der Waals surface area contributed by atoms with E-state index >= 15 is 0 Å². The minimum absolute atomic E-state index is 0.118. The molecule has 0 spiro atoms. The standard InChI is InChI=1S/C16H19NO4/c1-7-11(16(19)20)5-10(21-7)6-17-15(18)14-12-8-2-3-9(4-8)13(12)14/h5,8-9,12-14H,2-4,6H2,1H3,(H,17,18)(H,19,20). The highest BCUT2D eigenvalue weighted by atomic mass is 16.4. The van der Waals surface area contributed by atoms with Crippen LogP contribution in [-0.4, -0.2) is 17.0 Å². The van der Waals surface area contributed by atoms with Gasteiger partial charge in [0.15, 0.2) is 0 Å². The van der Waals surface area contributed by atoms with E-state index in [1.807, 2.05) is 0 Å². The number of rotatable bonds is 4. The van der Waals surface area contributed by atoms with Crippen LogP contribution in [0.5, 0.6) is 0 Å². The van der Waals surface area contributed by atoms with E-state index in [4.69, 9.17) is 9.52 Å². The lowest BCUT2D eigenvalue weighted by Gasteiger charge is -2.08. The summed E-state index contributed by atoms with van der Waals surface area (Å²) in [5.41, 5.74) is 0.167. The predicted octanol–water partition coefficient (Wildman–Crippen LogP) is 2.19. The number of hydrogen-bond acceptors (Lipinski definition) is 3. The summed E-state index contributed by atoms with van der Waals surface area (Å²) in [6.45, 7) is 1.90. The monoisotopic (exact) mass is 289 g/mol. The first kappa shape index (κ1) is 12.9. The van der Waals surface area contributed by atoms with Gasteiger partial charge in [-0.15, -0.1) is 0 Å². The van der Waals surface area contributed by atoms with Crippen LogP contribution in [0.1, 0.15) is 41.1 Å². The highest BCUT2D eigenvalue weighted by Crippen LogP contribution is 2.69. The third kappa shape index (κ3) is 1.90. The Labute approximate surface area is 122 Å². The van der Waals surface area contributed by atoms with Crippen molar-refractivity contribution < 1.29 is 19.1 Å². The Kier molecular flexibility index (Phi) is 2.68. The average Bonchev–Trinajstić information content (AvgIpc) is 2.75. The summed E-state index contributed by atoms with van der Waals surface area (Å²) < 4.78 is 5.38. The summed E-state index contributed by atoms with van der Waals surface area (Å²) in [4.78, 5) is 23.2. The molecule has 3 aliphatic carbocycles. The van der Waals surface area contributed by atoms with Gasteiger partial charge in [-0.05, 0) is 55.9 Å². The van der Waals surface area contributed by atoms with Gasteiger partial charge >= 0.3 is 5.97 Å². The molecule has 0 aliphatic heterocycles. The van der Waals surface area contributed by atoms with Gasteiger partial charge in [-0.2, -0.15) is 0 Å². The van der Waals surface area contributed by atoms with E-state index in [0.717, 1.165) is 11.8 Å². The van der Waals surface area contributed by atoms with E-state index in [1.165, 1.54) is 25.3 Å². The molecule has 21 heavy (non-hydrogen) atoms. The molecule has 2 N–H and O–H groups in total. The minimum Gasteiger partial charge on any atom is -0.478 e. The maximum Gasteiger partial charge on any atom is 0.339 e. The van der Waals surface area contributed by atoms with Gasteiger partial charge in [-0.1, -0.05) is 0 Å². The van der Waals surface area contributed by atoms with E-state index in [1.54, 1.807) is 6.92 Å². The summed E-state index contributed by atoms with van der Waals surface area (Å²) in [5, 5.41) is 11.9. The van der Waals surface area contributed by atoms with Crippen molar-refractivity contribution in [3.8, 4) is 0 Å². The number of nitrogens with one attached hydrogen (secondary N) is 1. The van der Waals surface area contributed by atoms with Crippen molar-refractivity contribution in [1.82, 2.24) is 5.32 Å². The van der Waals surface area contributed by atoms with Gasteiger partial charge in [-0.25, -0.2) is 4.79 Å². The van der Waals surface area contributed by atoms with Crippen LogP contribution in [0.2, 0.25) is 0 Å². The van der Waals surface area contributed by atoms with Gasteiger partial charge < -0.3 is 14.8 Å². The fourth-order valence-corrected chi connectivity index (χ4v) is 4.81. The van der Waals surface area contributed by atoms with E-state index in [-0.39, 0.29) is 23.9 Å². The average molecular weight is 289 g/mol. The van der Waals surface area contributed by atoms with Crippen molar-refractivity contribution >= 4 is 11.9 Å². The van der Waals surface area contributed by atoms with Gasteiger partial charge in [0.25, 0.3) is 0 Å². The third-order valence-electron chi connectivity index (χ3n) is 5.67. The van der Waals surface area contributed by atoms with Crippen molar-refractivity contribution in [1.29, 1.82) is 0 Å². The summed E-state index contributed by atoms with van der Waals surface area (Å²) in [7, 11) is 0. The lowest BCUT2D eigenvalue weighted by atomic mass is 10.0. The zero-order valence-electron chi connectivity index (χ0n) is 12.0. The lowest BCUT2D eigenvalue weighted by molar-refractivity contribution is -0.123. The number of carbonyl (C=O) groups is 2. The van der Waals surface area contributed by atoms with E-state index in [9.17, 15) is 9.59 Å². The fraction of sp³-hybridized carbons (Fsp3) is 0.625. The van der Waals surface area contributed by atoms with Crippen molar-refractivity contribution in [2.45, 2.75) is 32.7 Å². The van der Waals surface area contributed by atoms with Crippen LogP contribution in [0.3, 0.4) is 0 Å². The summed E-state index contributed by atoms with van der Waals surface area (Å²) in [5.74, 6) is 3.01. The van der Waals surface area contributed by atoms with Gasteiger partial charge in [0.05, 0.1) is 6.54 Å². The Hall–Kier alpha value is -1.78. The SMILES string of the molecule is Cc1oc(CNC(=O)C2C3C4CCC(C4)C23)cc1C(=O)O. The molecule has 3 fully saturated rings. The predicted molar refractivity (Wildman–Crippen MR) is 73.6 cm³/mol. The first-order valence-electron chi connectivity index (χ1n) is 7.66. The number of aromatic carboxylic acids is 1. The van der Waals surface area contributed by atoms with E-state index in [0.29, 0.717) is 23.4 Å². The number of furan rings is 1. The van der Waals surface area contributed by atoms with Crippen molar-refractivity contribution in [2.75, 3.05) is 0 Å². The van der Waals surface area contributed by atoms with Crippen molar-refractivity contribution in [3.05, 3.63) is 23.2 Å². The quantitative estimate of drug-likeness (QED) is 0.890. The van der Waals surface area contributed by atoms with E-state index in [2.05, 4.69) is 5.32 Å². The second kappa shape index (κ2) is 4.36. The van der Waals surface area contributed by atoms with Crippen LogP contribution in [-0.2, 0) is 11.3 Å². The molecule has 1 aromatic heterocycles. The topological polar surface area (TPSA) is 79.5 Å². The number of carboxylic acids is 1. The molecule has 112 valence electrons. The minimum atomic E-state index is -0.998. The Balaban J connectivity index is 1.36. The molecule has 3 aliphatic rings. The molecule has 1 aromatic rings. The Morgan fingerprint density at radius 3 is 2.57 bits per heavy atom. The Morgan fingerprint density at radius 1 is 1.33 bits per heavy atom. The van der Waals surface area contributed by atoms with Crippen LogP contribution in [0.25, 0.3) is 0 Å². The zero-order valence-corrected chi connectivity index (χ0v) is 12.0. The second-order valence-corrected chi connectivity index (χ2v) is 6.72. The van der Waals surface area contributed by atoms with E-state index < -0.39 is 5.97 Å². The zero-order chi connectivity index (χ0) is 14.7. The number of aryl methyl sites for hydroxylation is 1. The number of fused-ring (bicyclic) bond motifs is 5. The molecule has 1 amide bonds. The Morgan fingerprint density at radius 2 is 2.00 bits per heavy atom. The lowest BCUT2D eigenvalue weighted by Crippen LogP contribution is -2.26. The highest BCUT2D eigenvalue weighted by Gasteiger charge is 2.67. The number of amides is 1. The van der Waals surface area contributed by atoms with Gasteiger partial charge in [0, 0.05) is 5.92 Å². The van der Waals surface area contributed by atoms with Crippen LogP contribution < -0.4 is 5.32 Å². The normalized spacial score (nSPS) is 35.6. The fourth-order valence-electron chi connectivity index (χ4n) is 4.81. The molecule has 0 aromatic carbocycles. The van der Waals surface area contributed by atoms with Crippen LogP contribution in [0.15, 0.2) is 10.5 Å². The molecular weight excluding hydrogens is 270 g/mol. The maximum atomic E-state index is 12.3. The molecule has 5 nitrogen and oxygen atoms in total. The largest absolute Gasteiger partial charge is 0.478 e. The smallest absolute Gasteiger partial charge is 0.339 e. The number of carbonyl (C=O) groups excluding carboxylic acids is 1. The number of hydrogen-bond donors (Lipinski definition) is 2. The molecule has 2 bridgehead atoms. The molecule has 0 saturated heterocycles. The molecular formula is C16H19NO4. The third-order valence-corrected chi connectivity index (χ3v) is 5.67. The molecule has 4 rings (SSSR count). The van der Waals surface area contributed by atoms with Gasteiger partial charge in [0.1, 0.15) is 17.1 Å². The van der Waals surface area contributed by atoms with Gasteiger partial charge in [-0.3, -0.25) is 4.79 Å². The van der Waals surface area contributed by atoms with Crippen LogP contribution >= 0.6 is 0 Å². The summed E-state index contributed by atoms with van der Waals surface area (Å²) in [6, 6.07) is 1.50. The van der Waals surface area contributed by atoms with Gasteiger partial charge in [0.2, 0.25) is 5.91 Å². The molecule has 1 heterocycles. The molecule has 4 atom stereocenters. The first-order chi connectivity index (χ1) is 10.1. The van der Waals surface area contributed by atoms with Crippen molar-refractivity contribution in [3.63, 3.8) is 0 Å². The Bertz CT molecular complexity index is 604. The molecule has 5 heteroatoms. The maximum absolute atomic E-state index is 12.3. The summed E-state index contributed by atoms with van der Waals surface area (Å²) >= 11 is 0. The van der Waals surface area contributed by atoms with Crippen molar-refractivity contribution in [2.24, 2.45) is 29.6 Å². The molecule has 3 saturated carbocycles. The highest BCUT2D eigenvalue weighted by molar-refractivity contribution is 5.89. The number of carboxylic acid groups (broad SMARTS) is 1. The van der Waals surface area contributed by atoms with Crippen LogP contribution in [0, 0.1) is 36.5 Å². The second-order valence-electron chi connectivity index (χ2n) is 6.72. The first-order valence-corrected chi connectivity index (χ1v) is 7.66. The molecule has 0 radical (unpaired) electrons. The summed E-state index contributed by atoms with van der Waals surface area (Å²) in [6.07, 6.45) is 3.93. The van der Waals surface area contributed by atoms with Crippen LogP contribution in [0.4, 0.5) is 0 Å². The molecule has 4 unspecified atom stereocenters.